The lowest BCUT2D eigenvalue weighted by Crippen LogP contribution is -2.30. The van der Waals surface area contributed by atoms with Crippen LogP contribution in [0.15, 0.2) is 6.07 Å². The molecule has 1 heterocycles. The number of hydrogen-bond donors (Lipinski definition) is 2. The Balaban J connectivity index is 2.99. The number of hydrogen-bond acceptors (Lipinski definition) is 2. The van der Waals surface area contributed by atoms with E-state index < -0.39 is 0 Å². The number of rotatable bonds is 10. The monoisotopic (exact) mass is 351 g/mol. The lowest BCUT2D eigenvalue weighted by atomic mass is 9.81. The van der Waals surface area contributed by atoms with Crippen LogP contribution in [0.25, 0.3) is 0 Å². The summed E-state index contributed by atoms with van der Waals surface area (Å²) in [5.74, 6) is 1.03. The maximum atomic E-state index is 10.8. The van der Waals surface area contributed by atoms with E-state index in [2.05, 4.69) is 48.5 Å². The van der Waals surface area contributed by atoms with E-state index in [1.807, 2.05) is 0 Å². The van der Waals surface area contributed by atoms with Crippen molar-refractivity contribution in [3.8, 4) is 11.8 Å². The lowest BCUT2D eigenvalue weighted by Gasteiger charge is -2.34. The summed E-state index contributed by atoms with van der Waals surface area (Å²) >= 11 is 0. The molecule has 0 spiro atoms. The summed E-state index contributed by atoms with van der Waals surface area (Å²) in [7, 11) is 0. The standard InChI is InChI=1S/C22H41NO2/c1-8-10-11-13-17(12-9-2)14-18-15-19(24)23(20(18)25)22(6,7)16-21(3,4)5/h15,17,24-25H,8-14,16H2,1-7H3. The van der Waals surface area contributed by atoms with Crippen molar-refractivity contribution < 1.29 is 10.2 Å². The van der Waals surface area contributed by atoms with Crippen molar-refractivity contribution in [1.82, 2.24) is 4.57 Å². The van der Waals surface area contributed by atoms with Gasteiger partial charge in [0.1, 0.15) is 0 Å². The first-order chi connectivity index (χ1) is 11.5. The second-order valence-corrected chi connectivity index (χ2v) is 9.59. The fraction of sp³-hybridized carbons (Fsp3) is 0.818. The number of aromatic nitrogens is 1. The van der Waals surface area contributed by atoms with Gasteiger partial charge in [-0.3, -0.25) is 4.57 Å². The molecule has 0 aliphatic rings. The second-order valence-electron chi connectivity index (χ2n) is 9.59. The van der Waals surface area contributed by atoms with Crippen LogP contribution in [-0.4, -0.2) is 14.8 Å². The van der Waals surface area contributed by atoms with Crippen molar-refractivity contribution in [2.45, 2.75) is 105 Å². The topological polar surface area (TPSA) is 45.4 Å². The second kappa shape index (κ2) is 9.00. The van der Waals surface area contributed by atoms with Crippen LogP contribution in [0.5, 0.6) is 11.8 Å². The zero-order valence-corrected chi connectivity index (χ0v) is 17.7. The third-order valence-corrected chi connectivity index (χ3v) is 5.02. The molecule has 1 unspecified atom stereocenters. The summed E-state index contributed by atoms with van der Waals surface area (Å²) in [6, 6.07) is 1.78. The molecule has 1 aromatic rings. The Morgan fingerprint density at radius 2 is 1.60 bits per heavy atom. The van der Waals surface area contributed by atoms with Gasteiger partial charge in [-0.2, -0.15) is 0 Å². The molecule has 3 heteroatoms. The lowest BCUT2D eigenvalue weighted by molar-refractivity contribution is 0.184. The Bertz CT molecular complexity index is 523. The summed E-state index contributed by atoms with van der Waals surface area (Å²) in [5.41, 5.74) is 0.694. The summed E-state index contributed by atoms with van der Waals surface area (Å²) < 4.78 is 1.72. The average molecular weight is 352 g/mol. The van der Waals surface area contributed by atoms with E-state index in [4.69, 9.17) is 0 Å². The van der Waals surface area contributed by atoms with Crippen LogP contribution >= 0.6 is 0 Å². The molecular formula is C22H41NO2. The van der Waals surface area contributed by atoms with E-state index in [1.54, 1.807) is 10.6 Å². The number of nitrogens with zero attached hydrogens (tertiary/aromatic N) is 1. The number of unbranched alkanes of at least 4 members (excludes halogenated alkanes) is 2. The third kappa shape index (κ3) is 6.60. The first-order valence-electron chi connectivity index (χ1n) is 10.1. The first-order valence-corrected chi connectivity index (χ1v) is 10.1. The molecule has 0 fully saturated rings. The van der Waals surface area contributed by atoms with Crippen molar-refractivity contribution in [3.63, 3.8) is 0 Å². The molecule has 0 saturated heterocycles. The molecule has 1 rings (SSSR count). The molecule has 0 aromatic carbocycles. The van der Waals surface area contributed by atoms with Crippen molar-refractivity contribution in [2.75, 3.05) is 0 Å². The molecule has 3 nitrogen and oxygen atoms in total. The minimum absolute atomic E-state index is 0.123. The Morgan fingerprint density at radius 1 is 0.960 bits per heavy atom. The van der Waals surface area contributed by atoms with Crippen LogP contribution in [0.3, 0.4) is 0 Å². The van der Waals surface area contributed by atoms with Gasteiger partial charge in [0.05, 0.1) is 0 Å². The van der Waals surface area contributed by atoms with Crippen LogP contribution in [0.4, 0.5) is 0 Å². The average Bonchev–Trinajstić information content (AvgIpc) is 2.71. The summed E-state index contributed by atoms with van der Waals surface area (Å²) in [4.78, 5) is 0. The highest BCUT2D eigenvalue weighted by Gasteiger charge is 2.32. The molecule has 0 radical (unpaired) electrons. The highest BCUT2D eigenvalue weighted by Crippen LogP contribution is 2.41. The van der Waals surface area contributed by atoms with Crippen LogP contribution in [0, 0.1) is 11.3 Å². The summed E-state index contributed by atoms with van der Waals surface area (Å²) in [6.07, 6.45) is 9.06. The van der Waals surface area contributed by atoms with Gasteiger partial charge in [0, 0.05) is 17.2 Å². The molecule has 0 saturated carbocycles. The fourth-order valence-electron chi connectivity index (χ4n) is 4.41. The van der Waals surface area contributed by atoms with Gasteiger partial charge in [-0.1, -0.05) is 73.1 Å². The SMILES string of the molecule is CCCCCC(CCC)Cc1cc(O)n(C(C)(C)CC(C)(C)C)c1O. The highest BCUT2D eigenvalue weighted by molar-refractivity contribution is 5.37. The predicted octanol–water partition coefficient (Wildman–Crippen LogP) is 6.61. The van der Waals surface area contributed by atoms with Crippen LogP contribution in [0.2, 0.25) is 0 Å². The van der Waals surface area contributed by atoms with Crippen LogP contribution in [0.1, 0.15) is 99.0 Å². The van der Waals surface area contributed by atoms with Gasteiger partial charge < -0.3 is 10.2 Å². The van der Waals surface area contributed by atoms with Gasteiger partial charge in [-0.05, 0) is 38.0 Å². The normalized spacial score (nSPS) is 14.0. The quantitative estimate of drug-likeness (QED) is 0.466. The maximum absolute atomic E-state index is 10.8. The largest absolute Gasteiger partial charge is 0.494 e. The van der Waals surface area contributed by atoms with Crippen LogP contribution in [-0.2, 0) is 12.0 Å². The molecular weight excluding hydrogens is 310 g/mol. The fourth-order valence-corrected chi connectivity index (χ4v) is 4.41. The molecule has 0 amide bonds. The Labute approximate surface area is 155 Å². The van der Waals surface area contributed by atoms with Gasteiger partial charge >= 0.3 is 0 Å². The van der Waals surface area contributed by atoms with Gasteiger partial charge in [-0.15, -0.1) is 0 Å². The van der Waals surface area contributed by atoms with Gasteiger partial charge in [0.15, 0.2) is 11.8 Å². The van der Waals surface area contributed by atoms with Gasteiger partial charge in [-0.25, -0.2) is 0 Å². The predicted molar refractivity (Wildman–Crippen MR) is 107 cm³/mol. The summed E-state index contributed by atoms with van der Waals surface area (Å²) in [5, 5.41) is 21.3. The van der Waals surface area contributed by atoms with Crippen molar-refractivity contribution in [3.05, 3.63) is 11.6 Å². The minimum Gasteiger partial charge on any atom is -0.494 e. The molecule has 146 valence electrons. The molecule has 0 aliphatic carbocycles. The minimum atomic E-state index is -0.326. The molecule has 0 bridgehead atoms. The Kier molecular flexibility index (Phi) is 7.89. The van der Waals surface area contributed by atoms with E-state index >= 15 is 0 Å². The van der Waals surface area contributed by atoms with E-state index in [1.165, 1.54) is 38.5 Å². The Morgan fingerprint density at radius 3 is 2.12 bits per heavy atom. The van der Waals surface area contributed by atoms with Crippen LogP contribution < -0.4 is 0 Å². The highest BCUT2D eigenvalue weighted by atomic mass is 16.3. The molecule has 2 N–H and O–H groups in total. The summed E-state index contributed by atoms with van der Waals surface area (Å²) in [6.45, 7) is 15.2. The van der Waals surface area contributed by atoms with E-state index in [-0.39, 0.29) is 22.7 Å². The van der Waals surface area contributed by atoms with E-state index in [9.17, 15) is 10.2 Å². The van der Waals surface area contributed by atoms with Crippen molar-refractivity contribution in [2.24, 2.45) is 11.3 Å². The van der Waals surface area contributed by atoms with Crippen molar-refractivity contribution in [1.29, 1.82) is 0 Å². The van der Waals surface area contributed by atoms with Gasteiger partial charge in [0.25, 0.3) is 0 Å². The zero-order chi connectivity index (χ0) is 19.3. The third-order valence-electron chi connectivity index (χ3n) is 5.02. The van der Waals surface area contributed by atoms with Gasteiger partial charge in [0.2, 0.25) is 0 Å². The zero-order valence-electron chi connectivity index (χ0n) is 17.7. The van der Waals surface area contributed by atoms with E-state index in [0.29, 0.717) is 5.92 Å². The Hall–Kier alpha value is -1.12. The molecule has 1 aromatic heterocycles. The first kappa shape index (κ1) is 21.9. The van der Waals surface area contributed by atoms with Crippen molar-refractivity contribution >= 4 is 0 Å². The van der Waals surface area contributed by atoms with E-state index in [0.717, 1.165) is 18.4 Å². The molecule has 1 atom stereocenters. The maximum Gasteiger partial charge on any atom is 0.197 e. The number of aromatic hydroxyl groups is 2. The molecule has 25 heavy (non-hydrogen) atoms. The molecule has 0 aliphatic heterocycles. The smallest absolute Gasteiger partial charge is 0.197 e.